The van der Waals surface area contributed by atoms with Crippen LogP contribution in [0.4, 0.5) is 11.8 Å². The lowest BCUT2D eigenvalue weighted by molar-refractivity contribution is 0.186. The maximum absolute atomic E-state index is 13.3. The fraction of sp³-hybridized carbons (Fsp3) is 0.375. The van der Waals surface area contributed by atoms with E-state index in [1.165, 1.54) is 32.4 Å². The summed E-state index contributed by atoms with van der Waals surface area (Å²) in [6, 6.07) is 11.3. The summed E-state index contributed by atoms with van der Waals surface area (Å²) in [6.07, 6.45) is 2.80. The molecule has 3 heterocycles. The molecular weight excluding hydrogens is 440 g/mol. The third-order valence-electron chi connectivity index (χ3n) is 7.44. The van der Waals surface area contributed by atoms with E-state index in [4.69, 9.17) is 23.1 Å². The van der Waals surface area contributed by atoms with Crippen molar-refractivity contribution in [1.82, 2.24) is 14.1 Å². The van der Waals surface area contributed by atoms with Gasteiger partial charge in [-0.1, -0.05) is 35.9 Å². The van der Waals surface area contributed by atoms with Crippen molar-refractivity contribution in [2.45, 2.75) is 25.3 Å². The number of nitrogen functional groups attached to an aromatic ring is 1. The van der Waals surface area contributed by atoms with Gasteiger partial charge in [-0.05, 0) is 41.9 Å². The van der Waals surface area contributed by atoms with E-state index in [2.05, 4.69) is 28.1 Å². The highest BCUT2D eigenvalue weighted by Crippen LogP contribution is 2.50. The number of pyridine rings is 1. The van der Waals surface area contributed by atoms with Crippen molar-refractivity contribution in [2.24, 2.45) is 25.2 Å². The molecule has 5 rings (SSSR count). The first-order valence-electron chi connectivity index (χ1n) is 11.0. The number of rotatable bonds is 2. The second-order valence-corrected chi connectivity index (χ2v) is 9.53. The van der Waals surface area contributed by atoms with Crippen LogP contribution in [-0.2, 0) is 20.5 Å². The summed E-state index contributed by atoms with van der Waals surface area (Å²) < 4.78 is 2.78. The Morgan fingerprint density at radius 2 is 1.76 bits per heavy atom. The third kappa shape index (κ3) is 3.28. The van der Waals surface area contributed by atoms with Gasteiger partial charge >= 0.3 is 0 Å². The van der Waals surface area contributed by atoms with Crippen LogP contribution in [0.15, 0.2) is 46.0 Å². The number of fused-ring (bicyclic) bond motifs is 1. The van der Waals surface area contributed by atoms with Crippen LogP contribution in [0.25, 0.3) is 11.1 Å². The van der Waals surface area contributed by atoms with Gasteiger partial charge in [-0.25, -0.2) is 0 Å². The minimum absolute atomic E-state index is 0.0203. The molecule has 1 spiro atoms. The Morgan fingerprint density at radius 1 is 1.06 bits per heavy atom. The number of anilines is 2. The van der Waals surface area contributed by atoms with Gasteiger partial charge in [0.05, 0.1) is 5.56 Å². The zero-order chi connectivity index (χ0) is 23.5. The molecule has 0 unspecified atom stereocenters. The molecule has 1 fully saturated rings. The van der Waals surface area contributed by atoms with E-state index in [9.17, 15) is 9.59 Å². The van der Waals surface area contributed by atoms with Gasteiger partial charge in [0.2, 0.25) is 5.95 Å². The van der Waals surface area contributed by atoms with Gasteiger partial charge in [-0.15, -0.1) is 0 Å². The van der Waals surface area contributed by atoms with Gasteiger partial charge in [0, 0.05) is 44.9 Å². The average molecular weight is 467 g/mol. The molecule has 172 valence electrons. The Kier molecular flexibility index (Phi) is 5.10. The normalized spacial score (nSPS) is 19.2. The summed E-state index contributed by atoms with van der Waals surface area (Å²) in [5, 5.41) is 0.149. The number of halogens is 1. The van der Waals surface area contributed by atoms with Crippen molar-refractivity contribution in [3.63, 3.8) is 0 Å². The van der Waals surface area contributed by atoms with Gasteiger partial charge in [0.25, 0.3) is 11.1 Å². The molecule has 1 aliphatic carbocycles. The molecule has 1 saturated heterocycles. The largest absolute Gasteiger partial charge is 0.383 e. The molecule has 1 aliphatic heterocycles. The molecule has 3 aromatic rings. The summed E-state index contributed by atoms with van der Waals surface area (Å²) in [5.41, 5.74) is 15.6. The molecule has 2 aliphatic rings. The quantitative estimate of drug-likeness (QED) is 0.560. The average Bonchev–Trinajstić information content (AvgIpc) is 3.08. The lowest BCUT2D eigenvalue weighted by Crippen LogP contribution is -2.46. The summed E-state index contributed by atoms with van der Waals surface area (Å²) >= 11 is 6.35. The maximum atomic E-state index is 13.3. The first kappa shape index (κ1) is 21.7. The van der Waals surface area contributed by atoms with Gasteiger partial charge in [0.15, 0.2) is 0 Å². The van der Waals surface area contributed by atoms with Gasteiger partial charge < -0.3 is 20.9 Å². The zero-order valence-electron chi connectivity index (χ0n) is 18.7. The van der Waals surface area contributed by atoms with Crippen molar-refractivity contribution in [2.75, 3.05) is 23.7 Å². The van der Waals surface area contributed by atoms with Crippen LogP contribution in [0, 0.1) is 5.41 Å². The molecule has 1 atom stereocenters. The van der Waals surface area contributed by atoms with Gasteiger partial charge in [-0.2, -0.15) is 4.98 Å². The first-order valence-corrected chi connectivity index (χ1v) is 11.4. The van der Waals surface area contributed by atoms with Crippen LogP contribution < -0.4 is 27.5 Å². The Labute approximate surface area is 196 Å². The second-order valence-electron chi connectivity index (χ2n) is 9.17. The van der Waals surface area contributed by atoms with Crippen molar-refractivity contribution in [3.8, 4) is 11.1 Å². The smallest absolute Gasteiger partial charge is 0.264 e. The van der Waals surface area contributed by atoms with Crippen LogP contribution >= 0.6 is 11.6 Å². The van der Waals surface area contributed by atoms with Crippen molar-refractivity contribution in [1.29, 1.82) is 0 Å². The van der Waals surface area contributed by atoms with E-state index in [0.29, 0.717) is 11.5 Å². The minimum atomic E-state index is -0.302. The van der Waals surface area contributed by atoms with E-state index in [-0.39, 0.29) is 39.1 Å². The van der Waals surface area contributed by atoms with E-state index in [0.717, 1.165) is 32.4 Å². The predicted molar refractivity (Wildman–Crippen MR) is 131 cm³/mol. The summed E-state index contributed by atoms with van der Waals surface area (Å²) in [4.78, 5) is 31.8. The monoisotopic (exact) mass is 466 g/mol. The van der Waals surface area contributed by atoms with Gasteiger partial charge in [0.1, 0.15) is 11.0 Å². The van der Waals surface area contributed by atoms with Crippen LogP contribution in [-0.4, -0.2) is 27.2 Å². The molecular formula is C24H27ClN6O2. The lowest BCUT2D eigenvalue weighted by atomic mass is 9.73. The molecule has 4 N–H and O–H groups in total. The number of aromatic nitrogens is 3. The molecule has 2 aromatic heterocycles. The number of piperidine rings is 1. The molecule has 0 amide bonds. The highest BCUT2D eigenvalue weighted by Gasteiger charge is 2.46. The molecule has 0 radical (unpaired) electrons. The fourth-order valence-corrected chi connectivity index (χ4v) is 5.64. The predicted octanol–water partition coefficient (Wildman–Crippen LogP) is 2.22. The number of benzene rings is 1. The lowest BCUT2D eigenvalue weighted by Gasteiger charge is -2.42. The number of hydrogen-bond donors (Lipinski definition) is 2. The molecule has 9 heteroatoms. The molecule has 33 heavy (non-hydrogen) atoms. The number of nitrogens with zero attached hydrogens (tertiary/aromatic N) is 4. The van der Waals surface area contributed by atoms with Crippen LogP contribution in [0.2, 0.25) is 5.15 Å². The Balaban J connectivity index is 1.45. The van der Waals surface area contributed by atoms with Crippen LogP contribution in [0.1, 0.15) is 30.0 Å². The second kappa shape index (κ2) is 7.74. The molecule has 0 saturated carbocycles. The molecule has 1 aromatic carbocycles. The Hall–Kier alpha value is -3.10. The summed E-state index contributed by atoms with van der Waals surface area (Å²) in [5.74, 6) is 0.625. The summed E-state index contributed by atoms with van der Waals surface area (Å²) in [7, 11) is 3.23. The zero-order valence-corrected chi connectivity index (χ0v) is 19.5. The Morgan fingerprint density at radius 3 is 2.45 bits per heavy atom. The molecule has 0 bridgehead atoms. The van der Waals surface area contributed by atoms with E-state index < -0.39 is 0 Å². The maximum Gasteiger partial charge on any atom is 0.264 e. The van der Waals surface area contributed by atoms with Gasteiger partial charge in [-0.3, -0.25) is 14.2 Å². The number of hydrogen-bond acceptors (Lipinski definition) is 6. The fourth-order valence-electron chi connectivity index (χ4n) is 5.40. The Bertz CT molecular complexity index is 1370. The molecule has 8 nitrogen and oxygen atoms in total. The SMILES string of the molecule is Cn1c(Cl)c(-c2c(N)nc(N3CCC4(CC3)Cc3ccccc3[C@H]4N)n(C)c2=O)ccc1=O. The number of nitrogens with two attached hydrogens (primary N) is 2. The van der Waals surface area contributed by atoms with Crippen molar-refractivity contribution >= 4 is 23.4 Å². The van der Waals surface area contributed by atoms with E-state index in [1.54, 1.807) is 14.1 Å². The third-order valence-corrected chi connectivity index (χ3v) is 7.90. The highest BCUT2D eigenvalue weighted by molar-refractivity contribution is 6.32. The van der Waals surface area contributed by atoms with Crippen molar-refractivity contribution in [3.05, 3.63) is 73.4 Å². The summed E-state index contributed by atoms with van der Waals surface area (Å²) in [6.45, 7) is 1.47. The minimum Gasteiger partial charge on any atom is -0.383 e. The standard InChI is InChI=1S/C24H27ClN6O2/c1-29-17(32)8-7-16(20(29)25)18-21(27)28-23(30(2)22(18)33)31-11-9-24(10-12-31)13-14-5-3-4-6-15(14)19(24)26/h3-8,19H,9-13,26-27H2,1-2H3/t19-/m1/s1. The highest BCUT2D eigenvalue weighted by atomic mass is 35.5. The van der Waals surface area contributed by atoms with Crippen LogP contribution in [0.5, 0.6) is 0 Å². The van der Waals surface area contributed by atoms with E-state index >= 15 is 0 Å². The first-order chi connectivity index (χ1) is 15.7. The topological polar surface area (TPSA) is 112 Å². The van der Waals surface area contributed by atoms with Crippen molar-refractivity contribution < 1.29 is 0 Å². The van der Waals surface area contributed by atoms with E-state index in [1.807, 2.05) is 6.07 Å². The van der Waals surface area contributed by atoms with Crippen LogP contribution in [0.3, 0.4) is 0 Å².